The van der Waals surface area contributed by atoms with Gasteiger partial charge in [0.1, 0.15) is 17.4 Å². The Labute approximate surface area is 238 Å². The van der Waals surface area contributed by atoms with E-state index < -0.39 is 11.5 Å². The minimum absolute atomic E-state index is 0.0833. The highest BCUT2D eigenvalue weighted by molar-refractivity contribution is 6.00. The molecular weight excluding hydrogens is 516 g/mol. The third-order valence-corrected chi connectivity index (χ3v) is 8.17. The zero-order valence-electron chi connectivity index (χ0n) is 23.4. The maximum atomic E-state index is 13.8. The highest BCUT2D eigenvalue weighted by atomic mass is 16.2. The number of rotatable bonds is 5. The molecule has 210 valence electrons. The number of para-hydroxylation sites is 1. The summed E-state index contributed by atoms with van der Waals surface area (Å²) in [5.74, 6) is -0.565. The molecule has 3 atom stereocenters. The van der Waals surface area contributed by atoms with Gasteiger partial charge in [-0.05, 0) is 47.7 Å². The second kappa shape index (κ2) is 10.1. The van der Waals surface area contributed by atoms with E-state index in [0.29, 0.717) is 36.6 Å². The summed E-state index contributed by atoms with van der Waals surface area (Å²) in [5.41, 5.74) is 9.52. The van der Waals surface area contributed by atoms with Gasteiger partial charge in [0.25, 0.3) is 11.8 Å². The lowest BCUT2D eigenvalue weighted by atomic mass is 9.85. The van der Waals surface area contributed by atoms with Gasteiger partial charge in [0.05, 0.1) is 12.1 Å². The Morgan fingerprint density at radius 2 is 1.63 bits per heavy atom. The fourth-order valence-corrected chi connectivity index (χ4v) is 5.92. The number of H-pyrrole nitrogens is 1. The van der Waals surface area contributed by atoms with Gasteiger partial charge in [-0.2, -0.15) is 0 Å². The molecule has 0 radical (unpaired) electrons. The van der Waals surface area contributed by atoms with Crippen LogP contribution < -0.4 is 11.1 Å². The molecule has 2 aliphatic rings. The van der Waals surface area contributed by atoms with Crippen molar-refractivity contribution in [2.75, 3.05) is 18.8 Å². The number of pyridine rings is 1. The van der Waals surface area contributed by atoms with Gasteiger partial charge in [-0.3, -0.25) is 19.4 Å². The first-order valence-electron chi connectivity index (χ1n) is 13.9. The van der Waals surface area contributed by atoms with Gasteiger partial charge in [-0.15, -0.1) is 0 Å². The molecule has 0 spiro atoms. The number of likely N-dealkylation sites (tertiary alicyclic amines) is 2. The number of amides is 3. The summed E-state index contributed by atoms with van der Waals surface area (Å²) in [6, 6.07) is 19.7. The maximum Gasteiger partial charge on any atom is 0.272 e. The first-order chi connectivity index (χ1) is 19.6. The van der Waals surface area contributed by atoms with Crippen molar-refractivity contribution in [3.05, 3.63) is 84.3 Å². The Balaban J connectivity index is 1.12. The fraction of sp³-hybridized carbons (Fsp3) is 0.312. The molecule has 3 amide bonds. The molecule has 2 bridgehead atoms. The van der Waals surface area contributed by atoms with E-state index in [1.165, 1.54) is 0 Å². The molecule has 0 unspecified atom stereocenters. The lowest BCUT2D eigenvalue weighted by Gasteiger charge is -2.39. The summed E-state index contributed by atoms with van der Waals surface area (Å²) in [5, 5.41) is 3.93. The molecule has 2 aromatic heterocycles. The second-order valence-corrected chi connectivity index (χ2v) is 12.1. The van der Waals surface area contributed by atoms with Gasteiger partial charge in [0, 0.05) is 41.4 Å². The largest absolute Gasteiger partial charge is 0.399 e. The molecular formula is C32H34N6O3. The Morgan fingerprint density at radius 1 is 0.951 bits per heavy atom. The number of hydrogen-bond acceptors (Lipinski definition) is 5. The fourth-order valence-electron chi connectivity index (χ4n) is 5.92. The average molecular weight is 551 g/mol. The van der Waals surface area contributed by atoms with E-state index in [0.717, 1.165) is 22.0 Å². The number of nitrogens with one attached hydrogen (secondary N) is 2. The van der Waals surface area contributed by atoms with Crippen LogP contribution in [0.3, 0.4) is 0 Å². The molecule has 41 heavy (non-hydrogen) atoms. The SMILES string of the molecule is CC(C)(C)[C@H](NC(=O)c1cc2ccccc2[nH]1)C(=O)N1C[C@@H]2C[C@H]1CN2C(=O)c1ccc(-c2ccc(N)cc2)cn1. The van der Waals surface area contributed by atoms with E-state index in [2.05, 4.69) is 15.3 Å². The van der Waals surface area contributed by atoms with E-state index in [4.69, 9.17) is 5.73 Å². The normalized spacial score (nSPS) is 19.0. The molecule has 0 aliphatic carbocycles. The molecule has 2 aromatic carbocycles. The number of carbonyl (C=O) groups is 3. The van der Waals surface area contributed by atoms with Crippen LogP contribution in [0.25, 0.3) is 22.0 Å². The number of nitrogen functional groups attached to an aromatic ring is 1. The van der Waals surface area contributed by atoms with Crippen LogP contribution in [-0.2, 0) is 4.79 Å². The van der Waals surface area contributed by atoms with Crippen molar-refractivity contribution < 1.29 is 14.4 Å². The van der Waals surface area contributed by atoms with Crippen molar-refractivity contribution in [3.8, 4) is 11.1 Å². The van der Waals surface area contributed by atoms with Crippen LogP contribution in [0.5, 0.6) is 0 Å². The first kappa shape index (κ1) is 26.6. The predicted octanol–water partition coefficient (Wildman–Crippen LogP) is 4.08. The van der Waals surface area contributed by atoms with Crippen molar-refractivity contribution in [1.82, 2.24) is 25.1 Å². The molecule has 2 aliphatic heterocycles. The zero-order chi connectivity index (χ0) is 28.9. The number of piperazine rings is 1. The Kier molecular flexibility index (Phi) is 6.52. The number of anilines is 1. The van der Waals surface area contributed by atoms with Crippen LogP contribution in [0.4, 0.5) is 5.69 Å². The molecule has 2 fully saturated rings. The summed E-state index contributed by atoms with van der Waals surface area (Å²) in [6.07, 6.45) is 2.42. The Hall–Kier alpha value is -4.66. The predicted molar refractivity (Wildman–Crippen MR) is 158 cm³/mol. The molecule has 4 aromatic rings. The topological polar surface area (TPSA) is 124 Å². The molecule has 9 heteroatoms. The van der Waals surface area contributed by atoms with Crippen LogP contribution in [0.15, 0.2) is 72.9 Å². The molecule has 0 saturated carbocycles. The third-order valence-electron chi connectivity index (χ3n) is 8.17. The number of aromatic amines is 1. The highest BCUT2D eigenvalue weighted by Gasteiger charge is 2.50. The quantitative estimate of drug-likeness (QED) is 0.323. The van der Waals surface area contributed by atoms with Crippen LogP contribution in [0.2, 0.25) is 0 Å². The van der Waals surface area contributed by atoms with Gasteiger partial charge in [0.15, 0.2) is 0 Å². The first-order valence-corrected chi connectivity index (χ1v) is 13.9. The zero-order valence-corrected chi connectivity index (χ0v) is 23.4. The summed E-state index contributed by atoms with van der Waals surface area (Å²) in [6.45, 7) is 6.73. The molecule has 4 heterocycles. The second-order valence-electron chi connectivity index (χ2n) is 12.1. The Morgan fingerprint density at radius 3 is 2.27 bits per heavy atom. The van der Waals surface area contributed by atoms with Crippen molar-refractivity contribution >= 4 is 34.3 Å². The summed E-state index contributed by atoms with van der Waals surface area (Å²) in [7, 11) is 0. The number of nitrogens with two attached hydrogens (primary N) is 1. The summed E-state index contributed by atoms with van der Waals surface area (Å²) < 4.78 is 0. The van der Waals surface area contributed by atoms with Crippen LogP contribution in [0, 0.1) is 5.41 Å². The maximum absolute atomic E-state index is 13.8. The third kappa shape index (κ3) is 5.03. The van der Waals surface area contributed by atoms with Crippen molar-refractivity contribution in [2.45, 2.75) is 45.3 Å². The van der Waals surface area contributed by atoms with Crippen LogP contribution in [-0.4, -0.2) is 68.7 Å². The number of aromatic nitrogens is 2. The standard InChI is InChI=1S/C32H34N6O3/c1-32(2,3)28(36-29(39)27-14-20-6-4-5-7-25(20)35-27)31(41)38-18-23-15-24(38)17-37(23)30(40)26-13-10-21(16-34-26)19-8-11-22(33)12-9-19/h4-14,16,23-24,28,35H,15,17-18,33H2,1-3H3,(H,36,39)/t23-,24-,28+/m0/s1. The van der Waals surface area contributed by atoms with Crippen LogP contribution >= 0.6 is 0 Å². The average Bonchev–Trinajstić information content (AvgIpc) is 3.69. The van der Waals surface area contributed by atoms with Gasteiger partial charge in [0.2, 0.25) is 5.91 Å². The van der Waals surface area contributed by atoms with Gasteiger partial charge < -0.3 is 25.8 Å². The van der Waals surface area contributed by atoms with Gasteiger partial charge >= 0.3 is 0 Å². The van der Waals surface area contributed by atoms with Crippen LogP contribution in [0.1, 0.15) is 48.2 Å². The van der Waals surface area contributed by atoms with E-state index in [9.17, 15) is 14.4 Å². The number of fused-ring (bicyclic) bond motifs is 3. The molecule has 9 nitrogen and oxygen atoms in total. The number of carbonyl (C=O) groups excluding carboxylic acids is 3. The minimum Gasteiger partial charge on any atom is -0.399 e. The van der Waals surface area contributed by atoms with Crippen molar-refractivity contribution in [2.24, 2.45) is 5.41 Å². The lowest BCUT2D eigenvalue weighted by molar-refractivity contribution is -0.138. The minimum atomic E-state index is -0.715. The molecule has 4 N–H and O–H groups in total. The Bertz CT molecular complexity index is 1590. The van der Waals surface area contributed by atoms with E-state index in [-0.39, 0.29) is 29.8 Å². The summed E-state index contributed by atoms with van der Waals surface area (Å²) >= 11 is 0. The van der Waals surface area contributed by atoms with Gasteiger partial charge in [-0.25, -0.2) is 0 Å². The van der Waals surface area contributed by atoms with Crippen molar-refractivity contribution in [1.29, 1.82) is 0 Å². The van der Waals surface area contributed by atoms with E-state index >= 15 is 0 Å². The highest BCUT2D eigenvalue weighted by Crippen LogP contribution is 2.34. The van der Waals surface area contributed by atoms with Crippen molar-refractivity contribution in [3.63, 3.8) is 0 Å². The monoisotopic (exact) mass is 550 g/mol. The smallest absolute Gasteiger partial charge is 0.272 e. The molecule has 2 saturated heterocycles. The molecule has 6 rings (SSSR count). The van der Waals surface area contributed by atoms with E-state index in [1.807, 2.05) is 85.2 Å². The number of hydrogen-bond donors (Lipinski definition) is 3. The number of nitrogens with zero attached hydrogens (tertiary/aromatic N) is 3. The summed E-state index contributed by atoms with van der Waals surface area (Å²) in [4.78, 5) is 51.7. The number of benzene rings is 2. The van der Waals surface area contributed by atoms with E-state index in [1.54, 1.807) is 18.3 Å². The lowest BCUT2D eigenvalue weighted by Crippen LogP contribution is -2.59. The van der Waals surface area contributed by atoms with Gasteiger partial charge in [-0.1, -0.05) is 57.2 Å².